The summed E-state index contributed by atoms with van der Waals surface area (Å²) >= 11 is 1.47. The maximum Gasteiger partial charge on any atom is 0.257 e. The Hall–Kier alpha value is -2.99. The van der Waals surface area contributed by atoms with Gasteiger partial charge in [-0.3, -0.25) is 14.9 Å². The molecule has 0 spiro atoms. The lowest BCUT2D eigenvalue weighted by atomic mass is 10.1. The van der Waals surface area contributed by atoms with Gasteiger partial charge in [0.05, 0.1) is 0 Å². The number of carbonyl (C=O) groups is 2. The molecule has 1 heterocycles. The van der Waals surface area contributed by atoms with E-state index in [1.807, 2.05) is 0 Å². The van der Waals surface area contributed by atoms with Gasteiger partial charge in [-0.15, -0.1) is 11.3 Å². The second-order valence-corrected chi connectivity index (χ2v) is 7.12. The number of nitrogens with one attached hydrogen (secondary N) is 2. The Morgan fingerprint density at radius 3 is 2.35 bits per heavy atom. The van der Waals surface area contributed by atoms with Crippen molar-refractivity contribution in [3.63, 3.8) is 0 Å². The second kappa shape index (κ2) is 7.93. The number of hydrogen-bond donors (Lipinski definition) is 2. The Morgan fingerprint density at radius 2 is 1.69 bits per heavy atom. The number of carbonyl (C=O) groups excluding carboxylic acids is 2. The van der Waals surface area contributed by atoms with Crippen molar-refractivity contribution in [3.8, 4) is 0 Å². The predicted octanol–water partition coefficient (Wildman–Crippen LogP) is 4.25. The number of hydrogen-bond acceptors (Lipinski definition) is 4. The first-order valence-corrected chi connectivity index (χ1v) is 9.00. The van der Waals surface area contributed by atoms with E-state index in [4.69, 9.17) is 0 Å². The van der Waals surface area contributed by atoms with Gasteiger partial charge in [0.2, 0.25) is 5.91 Å². The fraction of sp³-hybridized carbons (Fsp3) is 0.150. The highest BCUT2D eigenvalue weighted by Gasteiger charge is 2.10. The topological polar surface area (TPSA) is 71.1 Å². The first-order valence-electron chi connectivity index (χ1n) is 8.19. The summed E-state index contributed by atoms with van der Waals surface area (Å²) in [6.45, 7) is 3.50. The van der Waals surface area contributed by atoms with Gasteiger partial charge in [-0.05, 0) is 36.8 Å². The molecule has 5 nitrogen and oxygen atoms in total. The molecule has 3 aromatic rings. The highest BCUT2D eigenvalue weighted by atomic mass is 32.1. The van der Waals surface area contributed by atoms with Crippen molar-refractivity contribution in [2.45, 2.75) is 20.3 Å². The summed E-state index contributed by atoms with van der Waals surface area (Å²) < 4.78 is 0. The number of nitrogens with zero attached hydrogens (tertiary/aromatic N) is 1. The van der Waals surface area contributed by atoms with Gasteiger partial charge in [-0.1, -0.05) is 29.8 Å². The predicted molar refractivity (Wildman–Crippen MR) is 105 cm³/mol. The van der Waals surface area contributed by atoms with E-state index in [1.165, 1.54) is 29.4 Å². The standard InChI is InChI=1S/C20H19N3O2S/c1-13-3-5-15(6-4-13)11-18-12-21-20(26-18)23-19(25)16-7-9-17(10-8-16)22-14(2)24/h3-10,12H,11H2,1-2H3,(H,22,24)(H,21,23,25). The third kappa shape index (κ3) is 4.77. The highest BCUT2D eigenvalue weighted by Crippen LogP contribution is 2.22. The third-order valence-corrected chi connectivity index (χ3v) is 4.65. The second-order valence-electron chi connectivity index (χ2n) is 6.01. The van der Waals surface area contributed by atoms with E-state index in [0.29, 0.717) is 16.4 Å². The van der Waals surface area contributed by atoms with E-state index in [2.05, 4.69) is 46.8 Å². The Balaban J connectivity index is 1.62. The quantitative estimate of drug-likeness (QED) is 0.710. The molecule has 132 valence electrons. The smallest absolute Gasteiger partial charge is 0.257 e. The van der Waals surface area contributed by atoms with Crippen molar-refractivity contribution in [1.29, 1.82) is 0 Å². The summed E-state index contributed by atoms with van der Waals surface area (Å²) in [6.07, 6.45) is 2.58. The monoisotopic (exact) mass is 365 g/mol. The number of aromatic nitrogens is 1. The maximum atomic E-state index is 12.3. The van der Waals surface area contributed by atoms with Gasteiger partial charge in [0.25, 0.3) is 5.91 Å². The van der Waals surface area contributed by atoms with Crippen LogP contribution >= 0.6 is 11.3 Å². The van der Waals surface area contributed by atoms with Gasteiger partial charge in [-0.2, -0.15) is 0 Å². The fourth-order valence-corrected chi connectivity index (χ4v) is 3.27. The molecule has 2 amide bonds. The zero-order chi connectivity index (χ0) is 18.5. The number of rotatable bonds is 5. The molecule has 3 rings (SSSR count). The van der Waals surface area contributed by atoms with Crippen molar-refractivity contribution < 1.29 is 9.59 Å². The molecule has 6 heteroatoms. The molecule has 0 bridgehead atoms. The lowest BCUT2D eigenvalue weighted by Crippen LogP contribution is -2.12. The molecular weight excluding hydrogens is 346 g/mol. The van der Waals surface area contributed by atoms with Crippen LogP contribution in [0.3, 0.4) is 0 Å². The zero-order valence-electron chi connectivity index (χ0n) is 14.6. The molecule has 0 aliphatic carbocycles. The largest absolute Gasteiger partial charge is 0.326 e. The Morgan fingerprint density at radius 1 is 1.00 bits per heavy atom. The SMILES string of the molecule is CC(=O)Nc1ccc(C(=O)Nc2ncc(Cc3ccc(C)cc3)s2)cc1. The number of amides is 2. The van der Waals surface area contributed by atoms with Crippen LogP contribution in [-0.4, -0.2) is 16.8 Å². The van der Waals surface area contributed by atoms with Crippen LogP contribution in [0.5, 0.6) is 0 Å². The van der Waals surface area contributed by atoms with Crippen LogP contribution in [0, 0.1) is 6.92 Å². The molecule has 0 saturated carbocycles. The van der Waals surface area contributed by atoms with Crippen LogP contribution in [0.2, 0.25) is 0 Å². The number of benzene rings is 2. The van der Waals surface area contributed by atoms with Crippen molar-refractivity contribution in [3.05, 3.63) is 76.3 Å². The fourth-order valence-electron chi connectivity index (χ4n) is 2.43. The summed E-state index contributed by atoms with van der Waals surface area (Å²) in [4.78, 5) is 28.7. The van der Waals surface area contributed by atoms with Gasteiger partial charge in [-0.25, -0.2) is 4.98 Å². The minimum absolute atomic E-state index is 0.147. The van der Waals surface area contributed by atoms with E-state index in [9.17, 15) is 9.59 Å². The van der Waals surface area contributed by atoms with Gasteiger partial charge in [0.15, 0.2) is 5.13 Å². The van der Waals surface area contributed by atoms with Crippen molar-refractivity contribution in [2.24, 2.45) is 0 Å². The molecule has 2 N–H and O–H groups in total. The van der Waals surface area contributed by atoms with Crippen LogP contribution in [-0.2, 0) is 11.2 Å². The molecule has 1 aromatic heterocycles. The Kier molecular flexibility index (Phi) is 5.43. The maximum absolute atomic E-state index is 12.3. The molecule has 0 radical (unpaired) electrons. The zero-order valence-corrected chi connectivity index (χ0v) is 15.4. The van der Waals surface area contributed by atoms with Crippen LogP contribution in [0.1, 0.15) is 33.3 Å². The van der Waals surface area contributed by atoms with E-state index in [-0.39, 0.29) is 11.8 Å². The van der Waals surface area contributed by atoms with Crippen molar-refractivity contribution in [2.75, 3.05) is 10.6 Å². The minimum Gasteiger partial charge on any atom is -0.326 e. The lowest BCUT2D eigenvalue weighted by Gasteiger charge is -2.04. The van der Waals surface area contributed by atoms with Crippen molar-refractivity contribution in [1.82, 2.24) is 4.98 Å². The molecule has 0 aliphatic heterocycles. The van der Waals surface area contributed by atoms with Crippen LogP contribution in [0.25, 0.3) is 0 Å². The van der Waals surface area contributed by atoms with E-state index in [1.54, 1.807) is 30.5 Å². The molecular formula is C20H19N3O2S. The minimum atomic E-state index is -0.226. The molecule has 0 fully saturated rings. The lowest BCUT2D eigenvalue weighted by molar-refractivity contribution is -0.114. The van der Waals surface area contributed by atoms with E-state index >= 15 is 0 Å². The number of anilines is 2. The molecule has 0 aliphatic rings. The average molecular weight is 365 g/mol. The Bertz CT molecular complexity index is 915. The van der Waals surface area contributed by atoms with Gasteiger partial charge in [0, 0.05) is 35.7 Å². The molecule has 0 atom stereocenters. The summed E-state index contributed by atoms with van der Waals surface area (Å²) in [5.74, 6) is -0.373. The van der Waals surface area contributed by atoms with Gasteiger partial charge in [0.1, 0.15) is 0 Å². The van der Waals surface area contributed by atoms with Gasteiger partial charge >= 0.3 is 0 Å². The first kappa shape index (κ1) is 17.8. The summed E-state index contributed by atoms with van der Waals surface area (Å²) in [6, 6.07) is 15.1. The summed E-state index contributed by atoms with van der Waals surface area (Å²) in [5, 5.41) is 6.06. The number of thiazole rings is 1. The van der Waals surface area contributed by atoms with Crippen molar-refractivity contribution >= 4 is 34.0 Å². The summed E-state index contributed by atoms with van der Waals surface area (Å²) in [5.41, 5.74) is 3.61. The molecule has 2 aromatic carbocycles. The first-order chi connectivity index (χ1) is 12.5. The van der Waals surface area contributed by atoms with Gasteiger partial charge < -0.3 is 5.32 Å². The van der Waals surface area contributed by atoms with E-state index in [0.717, 1.165) is 11.3 Å². The van der Waals surface area contributed by atoms with Crippen LogP contribution < -0.4 is 10.6 Å². The average Bonchev–Trinajstić information content (AvgIpc) is 3.04. The van der Waals surface area contributed by atoms with Crippen LogP contribution in [0.15, 0.2) is 54.7 Å². The summed E-state index contributed by atoms with van der Waals surface area (Å²) in [7, 11) is 0. The number of aryl methyl sites for hydroxylation is 1. The van der Waals surface area contributed by atoms with E-state index < -0.39 is 0 Å². The highest BCUT2D eigenvalue weighted by molar-refractivity contribution is 7.15. The Labute approximate surface area is 156 Å². The molecule has 0 unspecified atom stereocenters. The molecule has 0 saturated heterocycles. The van der Waals surface area contributed by atoms with Crippen LogP contribution in [0.4, 0.5) is 10.8 Å². The third-order valence-electron chi connectivity index (χ3n) is 3.74. The molecule has 26 heavy (non-hydrogen) atoms. The normalized spacial score (nSPS) is 10.4.